The minimum atomic E-state index is -1.23. The molecule has 478 valence electrons. The lowest BCUT2D eigenvalue weighted by Crippen LogP contribution is -2.34. The lowest BCUT2D eigenvalue weighted by molar-refractivity contribution is -0.0128. The van der Waals surface area contributed by atoms with Gasteiger partial charge in [0.25, 0.3) is 22.2 Å². The second-order valence-electron chi connectivity index (χ2n) is 24.7. The number of aliphatic hydroxyl groups excluding tert-OH is 4. The first-order valence-electron chi connectivity index (χ1n) is 27.4. The number of aliphatic hydroxyl groups is 4. The molecule has 8 rings (SSSR count). The fraction of sp³-hybridized carbons (Fsp3) is 0.630. The molecule has 0 bridgehead atoms. The quantitative estimate of drug-likeness (QED) is 0.0408. The molecular weight excluding hydrogens is 1320 g/mol. The summed E-state index contributed by atoms with van der Waals surface area (Å²) in [7, 11) is 1.46. The van der Waals surface area contributed by atoms with E-state index in [1.807, 2.05) is 6.92 Å². The molecule has 0 amide bonds. The summed E-state index contributed by atoms with van der Waals surface area (Å²) in [5, 5.41) is 40.5. The Hall–Kier alpha value is -3.42. The maximum absolute atomic E-state index is 11.9. The largest absolute Gasteiger partial charge is 0.390 e. The fourth-order valence-electron chi connectivity index (χ4n) is 9.85. The van der Waals surface area contributed by atoms with Crippen LogP contribution in [0.1, 0.15) is 79.3 Å². The average Bonchev–Trinajstić information content (AvgIpc) is 2.93. The number of alkyl halides is 2. The Balaban J connectivity index is 0.000000207. The van der Waals surface area contributed by atoms with E-state index in [4.69, 9.17) is 35.3 Å². The number of methoxy groups -OCH3 is 1. The van der Waals surface area contributed by atoms with Gasteiger partial charge in [0.15, 0.2) is 0 Å². The highest BCUT2D eigenvalue weighted by Crippen LogP contribution is 2.45. The van der Waals surface area contributed by atoms with Crippen LogP contribution in [0.15, 0.2) is 63.1 Å². The molecule has 4 unspecified atom stereocenters. The van der Waals surface area contributed by atoms with Gasteiger partial charge >= 0.3 is 22.8 Å². The van der Waals surface area contributed by atoms with Gasteiger partial charge in [0.2, 0.25) is 0 Å². The highest BCUT2D eigenvalue weighted by molar-refractivity contribution is 14.1. The van der Waals surface area contributed by atoms with Crippen molar-refractivity contribution in [2.75, 3.05) is 85.1 Å². The van der Waals surface area contributed by atoms with E-state index in [-0.39, 0.29) is 33.2 Å². The first kappa shape index (κ1) is 72.3. The van der Waals surface area contributed by atoms with Crippen LogP contribution in [0, 0.1) is 5.92 Å². The zero-order valence-electron chi connectivity index (χ0n) is 49.7. The molecule has 31 heteroatoms. The van der Waals surface area contributed by atoms with Crippen molar-refractivity contribution in [2.24, 2.45) is 5.92 Å². The summed E-state index contributed by atoms with van der Waals surface area (Å²) >= 11 is 8.29. The molecule has 4 aromatic heterocycles. The Morgan fingerprint density at radius 3 is 1.11 bits per heavy atom. The van der Waals surface area contributed by atoms with Crippen molar-refractivity contribution >= 4 is 86.9 Å². The van der Waals surface area contributed by atoms with Gasteiger partial charge in [0, 0.05) is 37.8 Å². The summed E-state index contributed by atoms with van der Waals surface area (Å²) in [4.78, 5) is 110. The van der Waals surface area contributed by atoms with Gasteiger partial charge in [-0.2, -0.15) is 0 Å². The molecule has 0 radical (unpaired) electrons. The van der Waals surface area contributed by atoms with Crippen LogP contribution in [0.2, 0.25) is 0 Å². The maximum atomic E-state index is 11.9. The zero-order valence-corrected chi connectivity index (χ0v) is 56.2. The molecule has 0 aromatic carbocycles. The van der Waals surface area contributed by atoms with Crippen LogP contribution < -0.4 is 45.0 Å². The third kappa shape index (κ3) is 20.8. The molecule has 0 aliphatic carbocycles. The highest BCUT2D eigenvalue weighted by Gasteiger charge is 2.47. The van der Waals surface area contributed by atoms with E-state index in [9.17, 15) is 58.8 Å². The Bertz CT molecular complexity index is 3320. The minimum Gasteiger partial charge on any atom is -0.390 e. The molecule has 85 heavy (non-hydrogen) atoms. The van der Waals surface area contributed by atoms with Gasteiger partial charge in [0.1, 0.15) is 30.5 Å². The van der Waals surface area contributed by atoms with Gasteiger partial charge in [0.05, 0.1) is 80.4 Å². The van der Waals surface area contributed by atoms with Gasteiger partial charge in [-0.05, 0) is 104 Å². The van der Waals surface area contributed by atoms with Crippen LogP contribution in [0.25, 0.3) is 0 Å². The van der Waals surface area contributed by atoms with E-state index >= 15 is 0 Å². The molecule has 4 saturated heterocycles. The number of aromatic amines is 8. The summed E-state index contributed by atoms with van der Waals surface area (Å²) < 4.78 is 28.5. The Morgan fingerprint density at radius 2 is 0.753 bits per heavy atom. The number of hydrogen-bond donors (Lipinski definition) is 12. The standard InChI is InChI=1S/C14H23N2O5P.C14H23N2O4P.C13H20ClN2O4P.C13H20IN2O4P/c1-20-12-10(17)9(5-6-22(2,3)4)21-11(12)8-7-15-14(19)16-13(8)18;1-8-11(17)10(5-6-21(2,3)4)20-12(8)9-7-15-14(19)16-13(9)18;2*1-21(2,3)5-4-8-10(17)9(14)11(20-8)7-6-15-13(19)16-12(7)18/h7,9-12,17H,2,5-6H2,1,3-4H3,(H2,15,16,18,19);7-8,10-12,17H,2,5-6H2,1,3-4H3,(H2,15,16,18,19);2*6,8-11,17H,1,4-5H2,2-3H3,(H2,15,16,18,19)/t9-,10-,11?,12-;8-,10-,11+,12?;2*8-,9-,10-,11?/m1111/s1. The van der Waals surface area contributed by atoms with Gasteiger partial charge in [-0.25, -0.2) is 19.2 Å². The number of halogens is 2. The van der Waals surface area contributed by atoms with Crippen LogP contribution in [0.4, 0.5) is 0 Å². The Labute approximate surface area is 510 Å². The van der Waals surface area contributed by atoms with E-state index in [1.54, 1.807) is 0 Å². The molecular formula is C54H86ClIN8O17P4. The lowest BCUT2D eigenvalue weighted by Gasteiger charge is -2.19. The van der Waals surface area contributed by atoms with Gasteiger partial charge in [-0.1, -0.05) is 29.5 Å². The van der Waals surface area contributed by atoms with Crippen molar-refractivity contribution in [3.63, 3.8) is 0 Å². The van der Waals surface area contributed by atoms with E-state index < -0.39 is 145 Å². The van der Waals surface area contributed by atoms with E-state index in [2.05, 4.69) is 141 Å². The summed E-state index contributed by atoms with van der Waals surface area (Å²) in [5.74, 6) is -0.201. The molecule has 4 fully saturated rings. The second-order valence-corrected chi connectivity index (χ2v) is 43.9. The number of hydrogen-bond acceptors (Lipinski definition) is 17. The van der Waals surface area contributed by atoms with Crippen LogP contribution in [-0.2, 0) is 23.7 Å². The maximum Gasteiger partial charge on any atom is 0.325 e. The smallest absolute Gasteiger partial charge is 0.325 e. The van der Waals surface area contributed by atoms with Crippen LogP contribution in [0.3, 0.4) is 0 Å². The molecule has 25 nitrogen and oxygen atoms in total. The van der Waals surface area contributed by atoms with E-state index in [0.717, 1.165) is 37.5 Å². The van der Waals surface area contributed by atoms with Crippen molar-refractivity contribution in [1.82, 2.24) is 39.9 Å². The third-order valence-corrected chi connectivity index (χ3v) is 22.4. The number of ether oxygens (including phenoxy) is 5. The lowest BCUT2D eigenvalue weighted by atomic mass is 9.94. The van der Waals surface area contributed by atoms with Crippen LogP contribution in [-0.4, -0.2) is 235 Å². The normalized spacial score (nSPS) is 29.5. The predicted octanol–water partition coefficient (Wildman–Crippen LogP) is 1.92. The summed E-state index contributed by atoms with van der Waals surface area (Å²) in [6.45, 7) is 14.1. The Morgan fingerprint density at radius 1 is 0.471 bits per heavy atom. The van der Waals surface area contributed by atoms with Gasteiger partial charge in [-0.3, -0.25) is 39.1 Å². The summed E-state index contributed by atoms with van der Waals surface area (Å²) in [5.41, 5.74) is -3.11. The van der Waals surface area contributed by atoms with Crippen molar-refractivity contribution in [3.8, 4) is 0 Å². The molecule has 4 aliphatic heterocycles. The Kier molecular flexibility index (Phi) is 25.9. The molecule has 4 aliphatic rings. The SMILES string of the molecule is C=P(C)(C)CC[C@H]1OC(c2c[nH]c(=O)[nH]c2=O)[C@H](C)[C@@H]1O.C=P(C)(C)CC[C@H]1OC(c2c[nH]c(=O)[nH]c2=O)[C@H](Cl)[C@@H]1O.C=P(C)(C)CC[C@H]1OC(c2c[nH]c(=O)[nH]c2=O)[C@H](I)[C@@H]1O.C=P(C)(C)CC[C@H]1OC(c2c[nH]c(=O)[nH]c2=O)[C@H](OC)[C@@H]1O. The number of H-pyrrole nitrogens is 8. The fourth-order valence-corrected chi connectivity index (χ4v) is 15.0. The van der Waals surface area contributed by atoms with Gasteiger partial charge < -0.3 is 64.0 Å². The third-order valence-electron chi connectivity index (χ3n) is 14.7. The predicted molar refractivity (Wildman–Crippen MR) is 354 cm³/mol. The topological polar surface area (TPSA) is 390 Å². The minimum absolute atomic E-state index is 0.201. The number of nitrogens with one attached hydrogen (secondary N) is 8. The first-order valence-corrected chi connectivity index (χ1v) is 41.3. The molecule has 12 N–H and O–H groups in total. The van der Waals surface area contributed by atoms with Crippen LogP contribution in [0.5, 0.6) is 0 Å². The van der Waals surface area contributed by atoms with Crippen molar-refractivity contribution < 1.29 is 44.1 Å². The molecule has 8 heterocycles. The summed E-state index contributed by atoms with van der Waals surface area (Å²) in [6, 6.07) is 0. The second kappa shape index (κ2) is 30.4. The molecule has 0 saturated carbocycles. The zero-order chi connectivity index (χ0) is 63.8. The molecule has 16 atom stereocenters. The number of rotatable bonds is 17. The first-order chi connectivity index (χ1) is 39.3. The van der Waals surface area contributed by atoms with Crippen molar-refractivity contribution in [3.05, 3.63) is 130 Å². The molecule has 4 aromatic rings. The molecule has 0 spiro atoms. The van der Waals surface area contributed by atoms with E-state index in [0.29, 0.717) is 24.0 Å². The van der Waals surface area contributed by atoms with Crippen molar-refractivity contribution in [2.45, 2.75) is 121 Å². The van der Waals surface area contributed by atoms with Crippen LogP contribution >= 0.6 is 61.7 Å². The summed E-state index contributed by atoms with van der Waals surface area (Å²) in [6.07, 6.45) is 20.8. The number of aromatic nitrogens is 8. The van der Waals surface area contributed by atoms with E-state index in [1.165, 1.54) is 31.9 Å². The monoisotopic (exact) mass is 1400 g/mol. The highest BCUT2D eigenvalue weighted by atomic mass is 127. The van der Waals surface area contributed by atoms with Crippen molar-refractivity contribution in [1.29, 1.82) is 0 Å². The average molecular weight is 1410 g/mol. The van der Waals surface area contributed by atoms with Gasteiger partial charge in [-0.15, -0.1) is 64.3 Å².